The number of carbonyl (C=O) groups excluding carboxylic acids is 1. The molecular formula is C22H15BrCl2N6O3S. The van der Waals surface area contributed by atoms with Crippen LogP contribution in [-0.4, -0.2) is 39.6 Å². The summed E-state index contributed by atoms with van der Waals surface area (Å²) in [6.45, 7) is 0. The number of rotatable bonds is 5. The highest BCUT2D eigenvalue weighted by atomic mass is 79.9. The third-order valence-corrected chi connectivity index (χ3v) is 7.67. The van der Waals surface area contributed by atoms with E-state index in [0.29, 0.717) is 26.1 Å². The van der Waals surface area contributed by atoms with Gasteiger partial charge in [-0.15, -0.1) is 11.3 Å². The number of halogens is 3. The Bertz CT molecular complexity index is 1610. The van der Waals surface area contributed by atoms with Gasteiger partial charge in [-0.3, -0.25) is 9.36 Å². The van der Waals surface area contributed by atoms with E-state index in [4.69, 9.17) is 38.4 Å². The Morgan fingerprint density at radius 2 is 1.83 bits per heavy atom. The van der Waals surface area contributed by atoms with Crippen molar-refractivity contribution < 1.29 is 14.3 Å². The van der Waals surface area contributed by atoms with Gasteiger partial charge in [0, 0.05) is 5.38 Å². The summed E-state index contributed by atoms with van der Waals surface area (Å²) in [5.74, 6) is 0.863. The fraction of sp³-hybridized carbons (Fsp3) is 0.0909. The van der Waals surface area contributed by atoms with Gasteiger partial charge in [0.1, 0.15) is 20.8 Å². The van der Waals surface area contributed by atoms with Gasteiger partial charge in [0.15, 0.2) is 17.3 Å². The van der Waals surface area contributed by atoms with E-state index < -0.39 is 5.91 Å². The predicted octanol–water partition coefficient (Wildman–Crippen LogP) is 5.95. The van der Waals surface area contributed by atoms with Crippen molar-refractivity contribution in [3.8, 4) is 17.3 Å². The van der Waals surface area contributed by atoms with Gasteiger partial charge in [-0.05, 0) is 28.1 Å². The van der Waals surface area contributed by atoms with Crippen molar-refractivity contribution in [3.63, 3.8) is 0 Å². The minimum Gasteiger partial charge on any atom is -0.494 e. The molecule has 0 aliphatic heterocycles. The first kappa shape index (κ1) is 23.6. The lowest BCUT2D eigenvalue weighted by Gasteiger charge is -2.17. The first-order valence-corrected chi connectivity index (χ1v) is 12.4. The van der Waals surface area contributed by atoms with Gasteiger partial charge in [-0.25, -0.2) is 15.0 Å². The number of fused-ring (bicyclic) bond motifs is 2. The van der Waals surface area contributed by atoms with E-state index in [1.807, 2.05) is 24.3 Å². The highest BCUT2D eigenvalue weighted by Gasteiger charge is 2.26. The van der Waals surface area contributed by atoms with Crippen LogP contribution < -0.4 is 20.5 Å². The van der Waals surface area contributed by atoms with Crippen LogP contribution in [0.15, 0.2) is 40.4 Å². The Labute approximate surface area is 220 Å². The van der Waals surface area contributed by atoms with Gasteiger partial charge in [0.25, 0.3) is 5.91 Å². The van der Waals surface area contributed by atoms with Crippen molar-refractivity contribution in [1.82, 2.24) is 19.5 Å². The van der Waals surface area contributed by atoms with Gasteiger partial charge in [0.05, 0.1) is 46.7 Å². The summed E-state index contributed by atoms with van der Waals surface area (Å²) >= 11 is 17.6. The number of nitrogens with two attached hydrogens (primary N) is 1. The normalized spacial score (nSPS) is 11.2. The lowest BCUT2D eigenvalue weighted by Crippen LogP contribution is -2.13. The molecule has 0 atom stereocenters. The molecule has 0 saturated carbocycles. The molecule has 0 aliphatic carbocycles. The van der Waals surface area contributed by atoms with Crippen LogP contribution in [-0.2, 0) is 0 Å². The Morgan fingerprint density at radius 1 is 1.14 bits per heavy atom. The number of methoxy groups -OCH3 is 2. The standard InChI is InChI=1S/C22H15BrCl2N6O3S/c1-33-17-12(23)18(34-2)14(25)16(13(17)24)30-21(32)9-7-35-19-15(9)27-8-28-20(19)31-11-6-4-3-5-10(11)29-22(31)26/h3-8H,1-2H3,(H2,26,29)(H,30,32). The molecule has 1 amide bonds. The van der Waals surface area contributed by atoms with Crippen molar-refractivity contribution >= 4 is 89.3 Å². The van der Waals surface area contributed by atoms with E-state index in [2.05, 4.69) is 36.2 Å². The molecule has 5 aromatic rings. The fourth-order valence-electron chi connectivity index (χ4n) is 3.69. The van der Waals surface area contributed by atoms with Crippen LogP contribution in [0.25, 0.3) is 27.1 Å². The van der Waals surface area contributed by atoms with Crippen molar-refractivity contribution in [2.75, 3.05) is 25.3 Å². The molecule has 0 spiro atoms. The Morgan fingerprint density at radius 3 is 2.51 bits per heavy atom. The smallest absolute Gasteiger partial charge is 0.258 e. The van der Waals surface area contributed by atoms with E-state index in [1.54, 1.807) is 9.95 Å². The number of carbonyl (C=O) groups is 1. The molecular weight excluding hydrogens is 579 g/mol. The summed E-state index contributed by atoms with van der Waals surface area (Å²) in [5, 5.41) is 4.68. The van der Waals surface area contributed by atoms with E-state index in [1.165, 1.54) is 31.9 Å². The van der Waals surface area contributed by atoms with Crippen molar-refractivity contribution in [2.45, 2.75) is 0 Å². The monoisotopic (exact) mass is 592 g/mol. The van der Waals surface area contributed by atoms with Gasteiger partial charge in [0.2, 0.25) is 5.95 Å². The van der Waals surface area contributed by atoms with Crippen LogP contribution in [0.5, 0.6) is 11.5 Å². The molecule has 0 saturated heterocycles. The molecule has 0 fully saturated rings. The molecule has 3 aromatic heterocycles. The van der Waals surface area contributed by atoms with E-state index in [0.717, 1.165) is 11.0 Å². The lowest BCUT2D eigenvalue weighted by atomic mass is 10.2. The number of thiophene rings is 1. The van der Waals surface area contributed by atoms with E-state index in [9.17, 15) is 4.79 Å². The summed E-state index contributed by atoms with van der Waals surface area (Å²) in [7, 11) is 2.89. The van der Waals surface area contributed by atoms with Gasteiger partial charge >= 0.3 is 0 Å². The molecule has 0 radical (unpaired) electrons. The highest BCUT2D eigenvalue weighted by Crippen LogP contribution is 2.50. The predicted molar refractivity (Wildman–Crippen MR) is 142 cm³/mol. The number of aromatic nitrogens is 4. The third-order valence-electron chi connectivity index (χ3n) is 5.26. The second-order valence-electron chi connectivity index (χ2n) is 7.16. The summed E-state index contributed by atoms with van der Waals surface area (Å²) < 4.78 is 13.5. The topological polar surface area (TPSA) is 117 Å². The molecule has 3 N–H and O–H groups in total. The number of anilines is 2. The SMILES string of the molecule is COc1c(Cl)c(NC(=O)c2csc3c(-n4c(N)nc5ccccc54)ncnc23)c(Cl)c(OC)c1Br. The number of amides is 1. The molecule has 0 bridgehead atoms. The molecule has 178 valence electrons. The minimum atomic E-state index is -0.473. The Balaban J connectivity index is 1.61. The fourth-order valence-corrected chi connectivity index (χ4v) is 6.30. The average molecular weight is 594 g/mol. The maximum absolute atomic E-state index is 13.3. The largest absolute Gasteiger partial charge is 0.494 e. The molecule has 2 aromatic carbocycles. The molecule has 9 nitrogen and oxygen atoms in total. The van der Waals surface area contributed by atoms with E-state index >= 15 is 0 Å². The number of hydrogen-bond donors (Lipinski definition) is 2. The van der Waals surface area contributed by atoms with Gasteiger partial charge < -0.3 is 20.5 Å². The molecule has 3 heterocycles. The summed E-state index contributed by atoms with van der Waals surface area (Å²) in [4.78, 5) is 26.5. The molecule has 0 unspecified atom stereocenters. The van der Waals surface area contributed by atoms with Crippen molar-refractivity contribution in [2.24, 2.45) is 0 Å². The quantitative estimate of drug-likeness (QED) is 0.258. The summed E-state index contributed by atoms with van der Waals surface area (Å²) in [6, 6.07) is 7.53. The molecule has 13 heteroatoms. The second kappa shape index (κ2) is 9.15. The Hall–Kier alpha value is -3.12. The van der Waals surface area contributed by atoms with Gasteiger partial charge in [-0.1, -0.05) is 35.3 Å². The van der Waals surface area contributed by atoms with Crippen LogP contribution >= 0.6 is 50.5 Å². The van der Waals surface area contributed by atoms with E-state index in [-0.39, 0.29) is 33.2 Å². The van der Waals surface area contributed by atoms with Crippen molar-refractivity contribution in [1.29, 1.82) is 0 Å². The zero-order chi connectivity index (χ0) is 24.9. The van der Waals surface area contributed by atoms with Crippen LogP contribution in [0, 0.1) is 0 Å². The Kier molecular flexibility index (Phi) is 6.18. The zero-order valence-corrected chi connectivity index (χ0v) is 22.0. The number of benzene rings is 2. The molecule has 35 heavy (non-hydrogen) atoms. The summed E-state index contributed by atoms with van der Waals surface area (Å²) in [6.07, 6.45) is 1.38. The lowest BCUT2D eigenvalue weighted by molar-refractivity contribution is 0.102. The van der Waals surface area contributed by atoms with Crippen LogP contribution in [0.3, 0.4) is 0 Å². The number of nitrogens with zero attached hydrogens (tertiary/aromatic N) is 4. The number of nitrogens with one attached hydrogen (secondary N) is 1. The maximum atomic E-state index is 13.3. The van der Waals surface area contributed by atoms with Crippen LogP contribution in [0.4, 0.5) is 11.6 Å². The zero-order valence-electron chi connectivity index (χ0n) is 18.1. The van der Waals surface area contributed by atoms with Gasteiger partial charge in [-0.2, -0.15) is 0 Å². The number of ether oxygens (including phenoxy) is 2. The minimum absolute atomic E-state index is 0.117. The second-order valence-corrected chi connectivity index (χ2v) is 9.58. The van der Waals surface area contributed by atoms with Crippen LogP contribution in [0.2, 0.25) is 10.0 Å². The number of hydrogen-bond acceptors (Lipinski definition) is 8. The molecule has 0 aliphatic rings. The highest BCUT2D eigenvalue weighted by molar-refractivity contribution is 9.10. The average Bonchev–Trinajstić information content (AvgIpc) is 3.43. The number of nitrogen functional groups attached to an aromatic ring is 1. The molecule has 5 rings (SSSR count). The van der Waals surface area contributed by atoms with Crippen LogP contribution in [0.1, 0.15) is 10.4 Å². The first-order valence-electron chi connectivity index (χ1n) is 9.92. The third kappa shape index (κ3) is 3.75. The van der Waals surface area contributed by atoms with Crippen molar-refractivity contribution in [3.05, 3.63) is 56.1 Å². The maximum Gasteiger partial charge on any atom is 0.258 e. The first-order chi connectivity index (χ1) is 16.9. The number of imidazole rings is 1. The number of para-hydroxylation sites is 2. The summed E-state index contributed by atoms with van der Waals surface area (Å²) in [5.41, 5.74) is 8.62.